The minimum absolute atomic E-state index is 0.0187. The first-order valence-corrected chi connectivity index (χ1v) is 5.28. The molecule has 0 spiro atoms. The molecule has 5 nitrogen and oxygen atoms in total. The second-order valence-electron chi connectivity index (χ2n) is 3.26. The summed E-state index contributed by atoms with van der Waals surface area (Å²) in [7, 11) is 0. The molecule has 6 heteroatoms. The lowest BCUT2D eigenvalue weighted by molar-refractivity contribution is -0.385. The van der Waals surface area contributed by atoms with Crippen LogP contribution in [-0.2, 0) is 9.53 Å². The van der Waals surface area contributed by atoms with Gasteiger partial charge in [-0.1, -0.05) is 22.9 Å². The lowest BCUT2D eigenvalue weighted by Gasteiger charge is -2.10. The Bertz CT molecular complexity index is 408. The van der Waals surface area contributed by atoms with Crippen molar-refractivity contribution in [1.82, 2.24) is 0 Å². The third-order valence-electron chi connectivity index (χ3n) is 2.11. The van der Waals surface area contributed by atoms with Crippen molar-refractivity contribution in [3.8, 4) is 0 Å². The Balaban J connectivity index is 3.03. The van der Waals surface area contributed by atoms with Gasteiger partial charge in [-0.2, -0.15) is 0 Å². The second kappa shape index (κ2) is 5.60. The lowest BCUT2D eigenvalue weighted by Crippen LogP contribution is -2.06. The van der Waals surface area contributed by atoms with Crippen molar-refractivity contribution in [1.29, 1.82) is 0 Å². The number of nitro groups is 1. The van der Waals surface area contributed by atoms with Gasteiger partial charge in [-0.05, 0) is 12.1 Å². The highest BCUT2D eigenvalue weighted by Crippen LogP contribution is 2.29. The largest absolute Gasteiger partial charge is 0.457 e. The average Bonchev–Trinajstić information content (AvgIpc) is 2.25. The van der Waals surface area contributed by atoms with E-state index >= 15 is 0 Å². The van der Waals surface area contributed by atoms with Gasteiger partial charge in [0.05, 0.1) is 11.5 Å². The number of rotatable bonds is 5. The van der Waals surface area contributed by atoms with Crippen LogP contribution in [0.3, 0.4) is 0 Å². The summed E-state index contributed by atoms with van der Waals surface area (Å²) in [4.78, 5) is 20.3. The predicted molar refractivity (Wildman–Crippen MR) is 60.9 cm³/mol. The third-order valence-corrected chi connectivity index (χ3v) is 2.60. The van der Waals surface area contributed by atoms with Crippen molar-refractivity contribution in [2.24, 2.45) is 0 Å². The Morgan fingerprint density at radius 1 is 1.62 bits per heavy atom. The molecule has 0 N–H and O–H groups in total. The first kappa shape index (κ1) is 12.6. The van der Waals surface area contributed by atoms with Crippen LogP contribution >= 0.6 is 15.9 Å². The molecule has 16 heavy (non-hydrogen) atoms. The molecule has 1 aromatic carbocycles. The van der Waals surface area contributed by atoms with E-state index in [1.807, 2.05) is 0 Å². The summed E-state index contributed by atoms with van der Waals surface area (Å²) in [5, 5.41) is 10.8. The summed E-state index contributed by atoms with van der Waals surface area (Å²) in [6, 6.07) is 4.67. The Kier molecular flexibility index (Phi) is 4.42. The molecule has 0 heterocycles. The van der Waals surface area contributed by atoms with Crippen LogP contribution in [0.15, 0.2) is 22.7 Å². The molecule has 1 atom stereocenters. The molecule has 85 valence electrons. The summed E-state index contributed by atoms with van der Waals surface area (Å²) in [5.74, 6) is -0.251. The van der Waals surface area contributed by atoms with Crippen molar-refractivity contribution in [2.45, 2.75) is 12.8 Å². The fourth-order valence-corrected chi connectivity index (χ4v) is 1.71. The molecular weight excluding hydrogens is 278 g/mol. The number of carbonyl (C=O) groups excluding carboxylic acids is 1. The van der Waals surface area contributed by atoms with Crippen LogP contribution in [0.4, 0.5) is 5.69 Å². The van der Waals surface area contributed by atoms with Crippen LogP contribution < -0.4 is 0 Å². The Morgan fingerprint density at radius 3 is 2.88 bits per heavy atom. The highest BCUT2D eigenvalue weighted by atomic mass is 79.9. The lowest BCUT2D eigenvalue weighted by atomic mass is 10.0. The summed E-state index contributed by atoms with van der Waals surface area (Å²) < 4.78 is 5.23. The Morgan fingerprint density at radius 2 is 2.31 bits per heavy atom. The fraction of sp³-hybridized carbons (Fsp3) is 0.300. The van der Waals surface area contributed by atoms with E-state index in [0.29, 0.717) is 5.56 Å². The van der Waals surface area contributed by atoms with Gasteiger partial charge in [0.2, 0.25) is 0 Å². The van der Waals surface area contributed by atoms with Crippen LogP contribution in [-0.4, -0.2) is 18.0 Å². The molecule has 0 aliphatic rings. The van der Waals surface area contributed by atoms with Crippen molar-refractivity contribution in [3.63, 3.8) is 0 Å². The van der Waals surface area contributed by atoms with Gasteiger partial charge in [0.1, 0.15) is 0 Å². The van der Waals surface area contributed by atoms with E-state index in [0.717, 1.165) is 4.47 Å². The Hall–Kier alpha value is -1.43. The number of ether oxygens (including phenoxy) is 1. The standard InChI is InChI=1S/C10H9BrNO4/c1-7(5-16-6-13)9-4-8(11)2-3-10(9)12(14)15/h2-4,7H,5H2,1H3. The Labute approximate surface area is 101 Å². The van der Waals surface area contributed by atoms with E-state index in [4.69, 9.17) is 0 Å². The topological polar surface area (TPSA) is 69.4 Å². The maximum Gasteiger partial charge on any atom is 0.417 e. The van der Waals surface area contributed by atoms with Crippen molar-refractivity contribution >= 4 is 28.1 Å². The van der Waals surface area contributed by atoms with Crippen molar-refractivity contribution in [2.75, 3.05) is 6.61 Å². The summed E-state index contributed by atoms with van der Waals surface area (Å²) in [5.41, 5.74) is 0.542. The van der Waals surface area contributed by atoms with Gasteiger partial charge >= 0.3 is 6.47 Å². The molecule has 1 aromatic rings. The average molecular weight is 287 g/mol. The number of halogens is 1. The first-order chi connectivity index (χ1) is 7.56. The molecular formula is C10H9BrNO4. The van der Waals surface area contributed by atoms with Crippen LogP contribution in [0.25, 0.3) is 0 Å². The van der Waals surface area contributed by atoms with E-state index < -0.39 is 4.92 Å². The number of hydrogen-bond donors (Lipinski definition) is 0. The maximum absolute atomic E-state index is 10.8. The smallest absolute Gasteiger partial charge is 0.417 e. The molecule has 0 saturated carbocycles. The number of benzene rings is 1. The predicted octanol–water partition coefficient (Wildman–Crippen LogP) is 2.54. The molecule has 1 rings (SSSR count). The second-order valence-corrected chi connectivity index (χ2v) is 4.17. The van der Waals surface area contributed by atoms with E-state index in [2.05, 4.69) is 20.7 Å². The molecule has 0 fully saturated rings. The molecule has 1 radical (unpaired) electrons. The zero-order valence-electron chi connectivity index (χ0n) is 8.47. The van der Waals surface area contributed by atoms with E-state index in [1.165, 1.54) is 12.5 Å². The van der Waals surface area contributed by atoms with E-state index in [9.17, 15) is 14.9 Å². The van der Waals surface area contributed by atoms with Crippen molar-refractivity contribution in [3.05, 3.63) is 38.3 Å². The minimum Gasteiger partial charge on any atom is -0.457 e. The van der Waals surface area contributed by atoms with E-state index in [1.54, 1.807) is 19.1 Å². The van der Waals surface area contributed by atoms with Gasteiger partial charge in [0.25, 0.3) is 5.69 Å². The monoisotopic (exact) mass is 286 g/mol. The molecule has 0 aromatic heterocycles. The van der Waals surface area contributed by atoms with Gasteiger partial charge in [0.15, 0.2) is 0 Å². The maximum atomic E-state index is 10.8. The third kappa shape index (κ3) is 3.03. The summed E-state index contributed by atoms with van der Waals surface area (Å²) in [6.45, 7) is 3.11. The molecule has 1 unspecified atom stereocenters. The highest BCUT2D eigenvalue weighted by molar-refractivity contribution is 9.10. The normalized spacial score (nSPS) is 11.9. The van der Waals surface area contributed by atoms with Gasteiger partial charge in [-0.15, -0.1) is 0 Å². The molecule has 0 bridgehead atoms. The zero-order valence-corrected chi connectivity index (χ0v) is 10.1. The van der Waals surface area contributed by atoms with E-state index in [-0.39, 0.29) is 18.2 Å². The zero-order chi connectivity index (χ0) is 12.1. The van der Waals surface area contributed by atoms with Gasteiger partial charge in [-0.25, -0.2) is 4.79 Å². The first-order valence-electron chi connectivity index (χ1n) is 4.49. The highest BCUT2D eigenvalue weighted by Gasteiger charge is 2.19. The summed E-state index contributed by atoms with van der Waals surface area (Å²) >= 11 is 3.24. The van der Waals surface area contributed by atoms with Crippen LogP contribution in [0.5, 0.6) is 0 Å². The van der Waals surface area contributed by atoms with Gasteiger partial charge in [-0.3, -0.25) is 10.1 Å². The minimum atomic E-state index is -0.455. The molecule has 0 amide bonds. The van der Waals surface area contributed by atoms with Gasteiger partial charge < -0.3 is 4.74 Å². The van der Waals surface area contributed by atoms with Gasteiger partial charge in [0, 0.05) is 22.0 Å². The number of hydrogen-bond acceptors (Lipinski definition) is 4. The summed E-state index contributed by atoms with van der Waals surface area (Å²) in [6.07, 6.45) is 0. The number of nitrogens with zero attached hydrogens (tertiary/aromatic N) is 1. The van der Waals surface area contributed by atoms with Crippen LogP contribution in [0, 0.1) is 10.1 Å². The molecule has 0 aliphatic heterocycles. The molecule has 0 saturated heterocycles. The van der Waals surface area contributed by atoms with Crippen molar-refractivity contribution < 1.29 is 14.5 Å². The molecule has 0 aliphatic carbocycles. The number of nitro benzene ring substituents is 1. The SMILES string of the molecule is CC(CO[C]=O)c1cc(Br)ccc1[N+](=O)[O-]. The quantitative estimate of drug-likeness (QED) is 0.616. The fourth-order valence-electron chi connectivity index (χ4n) is 1.34. The van der Waals surface area contributed by atoms with Crippen LogP contribution in [0.1, 0.15) is 18.4 Å². The van der Waals surface area contributed by atoms with Crippen LogP contribution in [0.2, 0.25) is 0 Å².